The lowest BCUT2D eigenvalue weighted by Crippen LogP contribution is -2.18. The molecule has 0 fully saturated rings. The molecule has 0 bridgehead atoms. The fraction of sp³-hybridized carbons (Fsp3) is 0.625. The summed E-state index contributed by atoms with van der Waals surface area (Å²) in [6.07, 6.45) is 4.90. The summed E-state index contributed by atoms with van der Waals surface area (Å²) in [6.45, 7) is 8.70. The van der Waals surface area contributed by atoms with Crippen LogP contribution < -0.4 is 10.1 Å². The zero-order valence-corrected chi connectivity index (χ0v) is 12.2. The van der Waals surface area contributed by atoms with Crippen molar-refractivity contribution in [3.05, 3.63) is 24.3 Å². The predicted molar refractivity (Wildman–Crippen MR) is 79.4 cm³/mol. The highest BCUT2D eigenvalue weighted by molar-refractivity contribution is 5.48. The number of rotatable bonds is 8. The van der Waals surface area contributed by atoms with E-state index in [0.717, 1.165) is 24.3 Å². The van der Waals surface area contributed by atoms with E-state index in [4.69, 9.17) is 4.74 Å². The van der Waals surface area contributed by atoms with Gasteiger partial charge >= 0.3 is 0 Å². The van der Waals surface area contributed by atoms with Gasteiger partial charge in [0.1, 0.15) is 5.75 Å². The van der Waals surface area contributed by atoms with Crippen LogP contribution in [0.2, 0.25) is 0 Å². The Morgan fingerprint density at radius 1 is 1.17 bits per heavy atom. The standard InChI is InChI=1S/C16H27NO/c1-5-9-14(7-3)17-15-10-8-11-16(12-15)18-13(4)6-2/h8,10-14,17H,5-7,9H2,1-4H3. The molecule has 0 heterocycles. The average molecular weight is 249 g/mol. The number of anilines is 1. The zero-order valence-electron chi connectivity index (χ0n) is 12.2. The first-order chi connectivity index (χ1) is 8.69. The molecule has 0 amide bonds. The van der Waals surface area contributed by atoms with Crippen molar-refractivity contribution in [2.45, 2.75) is 65.5 Å². The summed E-state index contributed by atoms with van der Waals surface area (Å²) in [5, 5.41) is 3.58. The van der Waals surface area contributed by atoms with E-state index in [1.54, 1.807) is 0 Å². The monoisotopic (exact) mass is 249 g/mol. The highest BCUT2D eigenvalue weighted by Crippen LogP contribution is 2.21. The minimum Gasteiger partial charge on any atom is -0.491 e. The van der Waals surface area contributed by atoms with Crippen molar-refractivity contribution in [3.63, 3.8) is 0 Å². The summed E-state index contributed by atoms with van der Waals surface area (Å²) in [7, 11) is 0. The van der Waals surface area contributed by atoms with Gasteiger partial charge in [-0.15, -0.1) is 0 Å². The predicted octanol–water partition coefficient (Wildman–Crippen LogP) is 4.85. The SMILES string of the molecule is CCCC(CC)Nc1cccc(OC(C)CC)c1. The second kappa shape index (κ2) is 8.02. The van der Waals surface area contributed by atoms with Gasteiger partial charge in [-0.25, -0.2) is 0 Å². The maximum Gasteiger partial charge on any atom is 0.121 e. The Balaban J connectivity index is 2.63. The zero-order chi connectivity index (χ0) is 13.4. The molecular formula is C16H27NO. The Morgan fingerprint density at radius 3 is 2.56 bits per heavy atom. The van der Waals surface area contributed by atoms with Crippen LogP contribution in [0.4, 0.5) is 5.69 Å². The maximum atomic E-state index is 5.84. The number of benzene rings is 1. The van der Waals surface area contributed by atoms with Crippen LogP contribution in [0, 0.1) is 0 Å². The summed E-state index contributed by atoms with van der Waals surface area (Å²) < 4.78 is 5.84. The molecular weight excluding hydrogens is 222 g/mol. The van der Waals surface area contributed by atoms with Crippen LogP contribution in [-0.4, -0.2) is 12.1 Å². The van der Waals surface area contributed by atoms with E-state index >= 15 is 0 Å². The van der Waals surface area contributed by atoms with Gasteiger partial charge in [0.05, 0.1) is 6.10 Å². The number of ether oxygens (including phenoxy) is 1. The topological polar surface area (TPSA) is 21.3 Å². The van der Waals surface area contributed by atoms with Crippen LogP contribution in [0.15, 0.2) is 24.3 Å². The molecule has 1 N–H and O–H groups in total. The Morgan fingerprint density at radius 2 is 1.94 bits per heavy atom. The average Bonchev–Trinajstić information content (AvgIpc) is 2.38. The van der Waals surface area contributed by atoms with Crippen LogP contribution in [0.25, 0.3) is 0 Å². The fourth-order valence-corrected chi connectivity index (χ4v) is 1.94. The Hall–Kier alpha value is -1.18. The summed E-state index contributed by atoms with van der Waals surface area (Å²) in [4.78, 5) is 0. The first-order valence-corrected chi connectivity index (χ1v) is 7.22. The third-order valence-electron chi connectivity index (χ3n) is 3.25. The van der Waals surface area contributed by atoms with E-state index in [0.29, 0.717) is 6.04 Å². The summed E-state index contributed by atoms with van der Waals surface area (Å²) >= 11 is 0. The van der Waals surface area contributed by atoms with Crippen molar-refractivity contribution < 1.29 is 4.74 Å². The molecule has 0 aromatic heterocycles. The molecule has 0 aliphatic carbocycles. The number of hydrogen-bond donors (Lipinski definition) is 1. The second-order valence-electron chi connectivity index (χ2n) is 4.90. The highest BCUT2D eigenvalue weighted by atomic mass is 16.5. The molecule has 18 heavy (non-hydrogen) atoms. The minimum atomic E-state index is 0.276. The molecule has 1 aromatic carbocycles. The second-order valence-corrected chi connectivity index (χ2v) is 4.90. The van der Waals surface area contributed by atoms with Crippen LogP contribution in [0.5, 0.6) is 5.75 Å². The minimum absolute atomic E-state index is 0.276. The van der Waals surface area contributed by atoms with E-state index in [9.17, 15) is 0 Å². The normalized spacial score (nSPS) is 14.0. The number of hydrogen-bond acceptors (Lipinski definition) is 2. The van der Waals surface area contributed by atoms with Crippen LogP contribution in [-0.2, 0) is 0 Å². The maximum absolute atomic E-state index is 5.84. The summed E-state index contributed by atoms with van der Waals surface area (Å²) in [6, 6.07) is 8.86. The quantitative estimate of drug-likeness (QED) is 0.710. The molecule has 0 radical (unpaired) electrons. The molecule has 0 spiro atoms. The van der Waals surface area contributed by atoms with Gasteiger partial charge in [0.2, 0.25) is 0 Å². The Kier molecular flexibility index (Phi) is 6.63. The smallest absolute Gasteiger partial charge is 0.121 e. The van der Waals surface area contributed by atoms with Gasteiger partial charge in [-0.1, -0.05) is 33.3 Å². The van der Waals surface area contributed by atoms with Gasteiger partial charge in [-0.3, -0.25) is 0 Å². The highest BCUT2D eigenvalue weighted by Gasteiger charge is 2.06. The van der Waals surface area contributed by atoms with Gasteiger partial charge in [0, 0.05) is 17.8 Å². The van der Waals surface area contributed by atoms with Crippen molar-refractivity contribution in [3.8, 4) is 5.75 Å². The summed E-state index contributed by atoms with van der Waals surface area (Å²) in [5.74, 6) is 0.959. The van der Waals surface area contributed by atoms with Gasteiger partial charge in [-0.2, -0.15) is 0 Å². The Labute approximate surface area is 112 Å². The van der Waals surface area contributed by atoms with Crippen molar-refractivity contribution in [2.75, 3.05) is 5.32 Å². The molecule has 102 valence electrons. The first kappa shape index (κ1) is 14.9. The fourth-order valence-electron chi connectivity index (χ4n) is 1.94. The lowest BCUT2D eigenvalue weighted by Gasteiger charge is -2.19. The molecule has 0 aliphatic rings. The van der Waals surface area contributed by atoms with Crippen molar-refractivity contribution in [1.29, 1.82) is 0 Å². The van der Waals surface area contributed by atoms with Crippen LogP contribution in [0.3, 0.4) is 0 Å². The van der Waals surface area contributed by atoms with E-state index in [2.05, 4.69) is 51.2 Å². The van der Waals surface area contributed by atoms with Crippen LogP contribution in [0.1, 0.15) is 53.4 Å². The first-order valence-electron chi connectivity index (χ1n) is 7.22. The van der Waals surface area contributed by atoms with Gasteiger partial charge in [0.15, 0.2) is 0 Å². The molecule has 1 rings (SSSR count). The molecule has 0 saturated heterocycles. The molecule has 0 saturated carbocycles. The van der Waals surface area contributed by atoms with Gasteiger partial charge in [-0.05, 0) is 38.3 Å². The molecule has 2 heteroatoms. The van der Waals surface area contributed by atoms with Crippen LogP contribution >= 0.6 is 0 Å². The van der Waals surface area contributed by atoms with E-state index in [-0.39, 0.29) is 6.10 Å². The van der Waals surface area contributed by atoms with Gasteiger partial charge < -0.3 is 10.1 Å². The molecule has 2 nitrogen and oxygen atoms in total. The van der Waals surface area contributed by atoms with Gasteiger partial charge in [0.25, 0.3) is 0 Å². The summed E-state index contributed by atoms with van der Waals surface area (Å²) in [5.41, 5.74) is 1.16. The lowest BCUT2D eigenvalue weighted by molar-refractivity contribution is 0.217. The lowest BCUT2D eigenvalue weighted by atomic mass is 10.1. The molecule has 2 unspecified atom stereocenters. The molecule has 0 aliphatic heterocycles. The van der Waals surface area contributed by atoms with E-state index in [1.807, 2.05) is 6.07 Å². The molecule has 1 aromatic rings. The van der Waals surface area contributed by atoms with Crippen molar-refractivity contribution >= 4 is 5.69 Å². The van der Waals surface area contributed by atoms with Crippen molar-refractivity contribution in [1.82, 2.24) is 0 Å². The molecule has 2 atom stereocenters. The Bertz CT molecular complexity index is 338. The largest absolute Gasteiger partial charge is 0.491 e. The third kappa shape index (κ3) is 4.99. The van der Waals surface area contributed by atoms with Crippen molar-refractivity contribution in [2.24, 2.45) is 0 Å². The number of nitrogens with one attached hydrogen (secondary N) is 1. The third-order valence-corrected chi connectivity index (χ3v) is 3.25. The van der Waals surface area contributed by atoms with E-state index in [1.165, 1.54) is 12.8 Å². The van der Waals surface area contributed by atoms with E-state index < -0.39 is 0 Å².